The quantitative estimate of drug-likeness (QED) is 0.934. The molecule has 4 nitrogen and oxygen atoms in total. The van der Waals surface area contributed by atoms with Crippen molar-refractivity contribution in [2.45, 2.75) is 25.3 Å². The topological polar surface area (TPSA) is 45.4 Å². The average Bonchev–Trinajstić information content (AvgIpc) is 2.94. The SMILES string of the molecule is NC1CC(CCN2CCN(c3nsc4cc(F)ccc34)CC2)C1. The van der Waals surface area contributed by atoms with E-state index in [0.717, 1.165) is 48.0 Å². The van der Waals surface area contributed by atoms with Crippen molar-refractivity contribution < 1.29 is 4.39 Å². The summed E-state index contributed by atoms with van der Waals surface area (Å²) in [5.74, 6) is 1.68. The second kappa shape index (κ2) is 6.34. The summed E-state index contributed by atoms with van der Waals surface area (Å²) in [6.45, 7) is 5.35. The van der Waals surface area contributed by atoms with Crippen molar-refractivity contribution in [3.05, 3.63) is 24.0 Å². The number of hydrogen-bond donors (Lipinski definition) is 1. The van der Waals surface area contributed by atoms with Crippen LogP contribution in [0.2, 0.25) is 0 Å². The second-order valence-corrected chi connectivity index (χ2v) is 7.67. The Morgan fingerprint density at radius 2 is 2.00 bits per heavy atom. The third-order valence-electron chi connectivity index (χ3n) is 5.21. The first kappa shape index (κ1) is 15.3. The second-order valence-electron chi connectivity index (χ2n) is 6.86. The zero-order valence-corrected chi connectivity index (χ0v) is 14.1. The molecule has 6 heteroatoms. The lowest BCUT2D eigenvalue weighted by Gasteiger charge is -2.38. The Morgan fingerprint density at radius 3 is 2.74 bits per heavy atom. The lowest BCUT2D eigenvalue weighted by Crippen LogP contribution is -2.47. The van der Waals surface area contributed by atoms with Crippen molar-refractivity contribution in [1.82, 2.24) is 9.27 Å². The van der Waals surface area contributed by atoms with Crippen LogP contribution in [0.25, 0.3) is 10.1 Å². The molecule has 1 aliphatic carbocycles. The maximum Gasteiger partial charge on any atom is 0.150 e. The normalized spacial score (nSPS) is 25.7. The molecule has 0 spiro atoms. The maximum absolute atomic E-state index is 13.3. The summed E-state index contributed by atoms with van der Waals surface area (Å²) in [7, 11) is 0. The highest BCUT2D eigenvalue weighted by atomic mass is 32.1. The predicted molar refractivity (Wildman–Crippen MR) is 93.5 cm³/mol. The van der Waals surface area contributed by atoms with Crippen LogP contribution in [0.1, 0.15) is 19.3 Å². The first-order valence-electron chi connectivity index (χ1n) is 8.47. The molecule has 0 radical (unpaired) electrons. The summed E-state index contributed by atoms with van der Waals surface area (Å²) in [4.78, 5) is 4.89. The highest BCUT2D eigenvalue weighted by Gasteiger charge is 2.27. The molecule has 1 saturated heterocycles. The van der Waals surface area contributed by atoms with Gasteiger partial charge in [-0.25, -0.2) is 4.39 Å². The molecule has 0 amide bonds. The summed E-state index contributed by atoms with van der Waals surface area (Å²) in [6, 6.07) is 5.42. The van der Waals surface area contributed by atoms with Gasteiger partial charge in [0.15, 0.2) is 0 Å². The lowest BCUT2D eigenvalue weighted by molar-refractivity contribution is 0.189. The number of rotatable bonds is 4. The molecule has 124 valence electrons. The molecule has 1 aliphatic heterocycles. The molecule has 2 heterocycles. The molecule has 0 bridgehead atoms. The zero-order chi connectivity index (χ0) is 15.8. The van der Waals surface area contributed by atoms with E-state index in [1.807, 2.05) is 6.07 Å². The van der Waals surface area contributed by atoms with Crippen molar-refractivity contribution in [1.29, 1.82) is 0 Å². The van der Waals surface area contributed by atoms with Crippen LogP contribution in [0.4, 0.5) is 10.2 Å². The van der Waals surface area contributed by atoms with Crippen molar-refractivity contribution >= 4 is 27.4 Å². The number of nitrogens with zero attached hydrogens (tertiary/aromatic N) is 3. The largest absolute Gasteiger partial charge is 0.353 e. The van der Waals surface area contributed by atoms with Gasteiger partial charge in [-0.2, -0.15) is 4.37 Å². The Balaban J connectivity index is 1.33. The summed E-state index contributed by atoms with van der Waals surface area (Å²) >= 11 is 1.39. The third-order valence-corrected chi connectivity index (χ3v) is 6.01. The number of aromatic nitrogens is 1. The van der Waals surface area contributed by atoms with E-state index in [1.54, 1.807) is 6.07 Å². The van der Waals surface area contributed by atoms with Gasteiger partial charge in [0.1, 0.15) is 11.6 Å². The monoisotopic (exact) mass is 334 g/mol. The highest BCUT2D eigenvalue weighted by Crippen LogP contribution is 2.31. The molecule has 1 aromatic carbocycles. The van der Waals surface area contributed by atoms with Crippen LogP contribution >= 0.6 is 11.5 Å². The minimum Gasteiger partial charge on any atom is -0.353 e. The molecule has 4 rings (SSSR count). The van der Waals surface area contributed by atoms with Crippen molar-refractivity contribution in [2.24, 2.45) is 11.7 Å². The lowest BCUT2D eigenvalue weighted by atomic mass is 9.79. The summed E-state index contributed by atoms with van der Waals surface area (Å²) < 4.78 is 18.8. The summed E-state index contributed by atoms with van der Waals surface area (Å²) in [5, 5.41) is 1.08. The van der Waals surface area contributed by atoms with Crippen LogP contribution in [0, 0.1) is 11.7 Å². The number of hydrogen-bond acceptors (Lipinski definition) is 5. The Hall–Kier alpha value is -1.24. The van der Waals surface area contributed by atoms with E-state index >= 15 is 0 Å². The predicted octanol–water partition coefficient (Wildman–Crippen LogP) is 2.68. The Bertz CT molecular complexity index is 674. The minimum absolute atomic E-state index is 0.187. The zero-order valence-electron chi connectivity index (χ0n) is 13.2. The Labute approximate surface area is 140 Å². The molecule has 2 aliphatic rings. The number of benzene rings is 1. The van der Waals surface area contributed by atoms with E-state index < -0.39 is 0 Å². The van der Waals surface area contributed by atoms with E-state index in [0.29, 0.717) is 6.04 Å². The number of fused-ring (bicyclic) bond motifs is 1. The number of anilines is 1. The summed E-state index contributed by atoms with van der Waals surface area (Å²) in [6.07, 6.45) is 3.70. The van der Waals surface area contributed by atoms with E-state index in [9.17, 15) is 4.39 Å². The molecule has 2 aromatic rings. The van der Waals surface area contributed by atoms with E-state index in [1.165, 1.54) is 43.4 Å². The molecule has 0 unspecified atom stereocenters. The van der Waals surface area contributed by atoms with Crippen molar-refractivity contribution in [3.63, 3.8) is 0 Å². The van der Waals surface area contributed by atoms with Crippen molar-refractivity contribution in [2.75, 3.05) is 37.6 Å². The highest BCUT2D eigenvalue weighted by molar-refractivity contribution is 7.13. The van der Waals surface area contributed by atoms with Crippen LogP contribution in [0.5, 0.6) is 0 Å². The molecule has 1 aromatic heterocycles. The fraction of sp³-hybridized carbons (Fsp3) is 0.588. The molecule has 23 heavy (non-hydrogen) atoms. The number of piperazine rings is 1. The van der Waals surface area contributed by atoms with Gasteiger partial charge in [-0.15, -0.1) is 0 Å². The van der Waals surface area contributed by atoms with Crippen LogP contribution in [0.3, 0.4) is 0 Å². The fourth-order valence-electron chi connectivity index (χ4n) is 3.70. The third kappa shape index (κ3) is 3.20. The van der Waals surface area contributed by atoms with Gasteiger partial charge in [0.2, 0.25) is 0 Å². The van der Waals surface area contributed by atoms with E-state index in [-0.39, 0.29) is 5.82 Å². The van der Waals surface area contributed by atoms with Crippen molar-refractivity contribution in [3.8, 4) is 0 Å². The minimum atomic E-state index is -0.187. The smallest absolute Gasteiger partial charge is 0.150 e. The van der Waals surface area contributed by atoms with Crippen LogP contribution in [0.15, 0.2) is 18.2 Å². The van der Waals surface area contributed by atoms with E-state index in [4.69, 9.17) is 5.73 Å². The maximum atomic E-state index is 13.3. The molecule has 2 N–H and O–H groups in total. The Morgan fingerprint density at radius 1 is 1.22 bits per heavy atom. The molecular formula is C17H23FN4S. The first-order valence-corrected chi connectivity index (χ1v) is 9.24. The van der Waals surface area contributed by atoms with Gasteiger partial charge in [0.05, 0.1) is 4.70 Å². The van der Waals surface area contributed by atoms with E-state index in [2.05, 4.69) is 14.2 Å². The van der Waals surface area contributed by atoms with Gasteiger partial charge in [-0.3, -0.25) is 4.90 Å². The standard InChI is InChI=1S/C17H23FN4S/c18-13-1-2-15-16(11-13)23-20-17(15)22-7-5-21(6-8-22)4-3-12-9-14(19)10-12/h1-2,11-12,14H,3-10,19H2. The van der Waals surface area contributed by atoms with Crippen LogP contribution in [-0.2, 0) is 0 Å². The number of nitrogens with two attached hydrogens (primary N) is 1. The number of halogens is 1. The molecule has 0 atom stereocenters. The van der Waals surface area contributed by atoms with Crippen LogP contribution in [-0.4, -0.2) is 48.0 Å². The summed E-state index contributed by atoms with van der Waals surface area (Å²) in [5.41, 5.74) is 5.86. The van der Waals surface area contributed by atoms with Gasteiger partial charge in [-0.1, -0.05) is 0 Å². The van der Waals surface area contributed by atoms with Crippen LogP contribution < -0.4 is 10.6 Å². The van der Waals surface area contributed by atoms with Gasteiger partial charge >= 0.3 is 0 Å². The molecule has 2 fully saturated rings. The first-order chi connectivity index (χ1) is 11.2. The molecular weight excluding hydrogens is 311 g/mol. The average molecular weight is 334 g/mol. The Kier molecular flexibility index (Phi) is 4.22. The fourth-order valence-corrected chi connectivity index (χ4v) is 4.52. The molecule has 1 saturated carbocycles. The van der Waals surface area contributed by atoms with Gasteiger partial charge in [0, 0.05) is 37.6 Å². The van der Waals surface area contributed by atoms with Gasteiger partial charge in [-0.05, 0) is 61.5 Å². The van der Waals surface area contributed by atoms with Gasteiger partial charge in [0.25, 0.3) is 0 Å². The van der Waals surface area contributed by atoms with Gasteiger partial charge < -0.3 is 10.6 Å².